The first kappa shape index (κ1) is 24.3. The van der Waals surface area contributed by atoms with Crippen LogP contribution in [0.5, 0.6) is 0 Å². The second kappa shape index (κ2) is 8.91. The standard InChI is InChI=1S/C26H22F3N5O3/c1-26(28,29)25(37)31-20-12-23(36)33(24(20)15-4-3-5-17(27)10-15)18-6-8-21-16(11-18)13-30-34(21)19-7-9-22(35)32(2)14-19/h3-11,13-14,20,24H,12H2,1-2H3,(H,31,37)/t20-,24+/m0/s1. The Kier molecular flexibility index (Phi) is 5.85. The fraction of sp³-hybridized carbons (Fsp3) is 0.231. The maximum Gasteiger partial charge on any atom is 0.321 e. The predicted octanol–water partition coefficient (Wildman–Crippen LogP) is 3.48. The van der Waals surface area contributed by atoms with E-state index in [1.165, 1.54) is 33.7 Å². The summed E-state index contributed by atoms with van der Waals surface area (Å²) in [5.41, 5.74) is 1.99. The Labute approximate surface area is 208 Å². The molecule has 2 amide bonds. The zero-order valence-corrected chi connectivity index (χ0v) is 19.9. The van der Waals surface area contributed by atoms with E-state index in [1.54, 1.807) is 54.5 Å². The normalized spacial score (nSPS) is 18.0. The number of aryl methyl sites for hydroxylation is 1. The molecule has 1 N–H and O–H groups in total. The summed E-state index contributed by atoms with van der Waals surface area (Å²) in [6, 6.07) is 11.8. The number of rotatable bonds is 5. The van der Waals surface area contributed by atoms with Gasteiger partial charge in [0.15, 0.2) is 0 Å². The molecule has 5 rings (SSSR count). The maximum atomic E-state index is 14.1. The molecule has 1 fully saturated rings. The van der Waals surface area contributed by atoms with Gasteiger partial charge in [0.25, 0.3) is 5.91 Å². The van der Waals surface area contributed by atoms with Crippen LogP contribution in [0.15, 0.2) is 71.8 Å². The molecule has 2 atom stereocenters. The van der Waals surface area contributed by atoms with E-state index in [0.29, 0.717) is 34.8 Å². The smallest absolute Gasteiger partial charge is 0.321 e. The average Bonchev–Trinajstić information content (AvgIpc) is 3.40. The molecule has 4 aromatic rings. The van der Waals surface area contributed by atoms with E-state index >= 15 is 0 Å². The molecule has 0 spiro atoms. The van der Waals surface area contributed by atoms with Gasteiger partial charge >= 0.3 is 5.92 Å². The van der Waals surface area contributed by atoms with Gasteiger partial charge in [-0.2, -0.15) is 13.9 Å². The van der Waals surface area contributed by atoms with Crippen molar-refractivity contribution < 1.29 is 22.8 Å². The van der Waals surface area contributed by atoms with Crippen LogP contribution in [0.4, 0.5) is 18.9 Å². The van der Waals surface area contributed by atoms with Crippen LogP contribution in [0.1, 0.15) is 24.9 Å². The molecule has 0 radical (unpaired) electrons. The molecule has 1 aliphatic heterocycles. The highest BCUT2D eigenvalue weighted by atomic mass is 19.3. The van der Waals surface area contributed by atoms with Crippen molar-refractivity contribution in [3.63, 3.8) is 0 Å². The first-order chi connectivity index (χ1) is 17.5. The van der Waals surface area contributed by atoms with E-state index in [9.17, 15) is 27.6 Å². The van der Waals surface area contributed by atoms with Crippen molar-refractivity contribution in [2.75, 3.05) is 4.90 Å². The van der Waals surface area contributed by atoms with Gasteiger partial charge in [0.2, 0.25) is 11.5 Å². The molecule has 37 heavy (non-hydrogen) atoms. The largest absolute Gasteiger partial charge is 0.345 e. The van der Waals surface area contributed by atoms with Crippen LogP contribution in [0.2, 0.25) is 0 Å². The van der Waals surface area contributed by atoms with Gasteiger partial charge in [-0.1, -0.05) is 12.1 Å². The summed E-state index contributed by atoms with van der Waals surface area (Å²) in [5, 5.41) is 7.34. The molecule has 8 nitrogen and oxygen atoms in total. The van der Waals surface area contributed by atoms with Crippen LogP contribution < -0.4 is 15.8 Å². The van der Waals surface area contributed by atoms with Gasteiger partial charge in [0.1, 0.15) is 5.82 Å². The number of hydrogen-bond donors (Lipinski definition) is 1. The SMILES string of the molecule is Cn1cc(-n2ncc3cc(N4C(=O)C[C@H](NC(=O)C(C)(F)F)[C@H]4c4cccc(F)c4)ccc32)ccc1=O. The monoisotopic (exact) mass is 509 g/mol. The second-order valence-electron chi connectivity index (χ2n) is 9.07. The van der Waals surface area contributed by atoms with E-state index in [4.69, 9.17) is 0 Å². The first-order valence-electron chi connectivity index (χ1n) is 11.4. The molecule has 0 bridgehead atoms. The number of carbonyl (C=O) groups excluding carboxylic acids is 2. The molecule has 1 saturated heterocycles. The van der Waals surface area contributed by atoms with Gasteiger partial charge in [-0.15, -0.1) is 0 Å². The van der Waals surface area contributed by atoms with E-state index in [-0.39, 0.29) is 12.0 Å². The van der Waals surface area contributed by atoms with E-state index < -0.39 is 35.6 Å². The van der Waals surface area contributed by atoms with Crippen molar-refractivity contribution >= 4 is 28.4 Å². The number of aromatic nitrogens is 3. The molecule has 1 aliphatic rings. The number of carbonyl (C=O) groups is 2. The van der Waals surface area contributed by atoms with Crippen molar-refractivity contribution in [3.8, 4) is 5.69 Å². The van der Waals surface area contributed by atoms with Crippen LogP contribution in [0.25, 0.3) is 16.6 Å². The molecule has 2 aromatic carbocycles. The minimum atomic E-state index is -3.64. The van der Waals surface area contributed by atoms with Crippen LogP contribution in [0.3, 0.4) is 0 Å². The number of amides is 2. The topological polar surface area (TPSA) is 89.2 Å². The highest BCUT2D eigenvalue weighted by molar-refractivity contribution is 6.00. The van der Waals surface area contributed by atoms with Crippen LogP contribution in [-0.4, -0.2) is 38.1 Å². The molecule has 0 saturated carbocycles. The minimum absolute atomic E-state index is 0.166. The highest BCUT2D eigenvalue weighted by Gasteiger charge is 2.45. The summed E-state index contributed by atoms with van der Waals surface area (Å²) in [5.74, 6) is -6.12. The fourth-order valence-corrected chi connectivity index (χ4v) is 4.62. The molecule has 0 unspecified atom stereocenters. The Morgan fingerprint density at radius 2 is 1.84 bits per heavy atom. The minimum Gasteiger partial charge on any atom is -0.345 e. The number of fused-ring (bicyclic) bond motifs is 1. The second-order valence-corrected chi connectivity index (χ2v) is 9.07. The number of anilines is 1. The third-order valence-electron chi connectivity index (χ3n) is 6.37. The van der Waals surface area contributed by atoms with Crippen molar-refractivity contribution in [2.45, 2.75) is 31.4 Å². The molecule has 190 valence electrons. The van der Waals surface area contributed by atoms with Crippen LogP contribution >= 0.6 is 0 Å². The summed E-state index contributed by atoms with van der Waals surface area (Å²) in [6.45, 7) is 0.476. The van der Waals surface area contributed by atoms with E-state index in [1.807, 2.05) is 0 Å². The Hall–Kier alpha value is -4.41. The summed E-state index contributed by atoms with van der Waals surface area (Å²) in [4.78, 5) is 38.4. The van der Waals surface area contributed by atoms with Crippen LogP contribution in [0, 0.1) is 5.82 Å². The number of nitrogens with zero attached hydrogens (tertiary/aromatic N) is 4. The lowest BCUT2D eigenvalue weighted by Crippen LogP contribution is -2.46. The molecule has 3 heterocycles. The Balaban J connectivity index is 1.56. The molecule has 11 heteroatoms. The number of hydrogen-bond acceptors (Lipinski definition) is 4. The number of pyridine rings is 1. The lowest BCUT2D eigenvalue weighted by atomic mass is 9.99. The van der Waals surface area contributed by atoms with Crippen LogP contribution in [-0.2, 0) is 16.6 Å². The number of benzene rings is 2. The van der Waals surface area contributed by atoms with E-state index in [2.05, 4.69) is 10.4 Å². The highest BCUT2D eigenvalue weighted by Crippen LogP contribution is 2.39. The number of nitrogens with one attached hydrogen (secondary N) is 1. The van der Waals surface area contributed by atoms with Crippen molar-refractivity contribution in [1.29, 1.82) is 0 Å². The van der Waals surface area contributed by atoms with Gasteiger partial charge in [-0.25, -0.2) is 9.07 Å². The lowest BCUT2D eigenvalue weighted by molar-refractivity contribution is -0.143. The van der Waals surface area contributed by atoms with Crippen molar-refractivity contribution in [2.24, 2.45) is 7.05 Å². The first-order valence-corrected chi connectivity index (χ1v) is 11.4. The zero-order chi connectivity index (χ0) is 26.5. The number of halogens is 3. The Bertz CT molecular complexity index is 1590. The summed E-state index contributed by atoms with van der Waals surface area (Å²) in [7, 11) is 1.63. The van der Waals surface area contributed by atoms with E-state index in [0.717, 1.165) is 0 Å². The third-order valence-corrected chi connectivity index (χ3v) is 6.37. The molecule has 0 aliphatic carbocycles. The summed E-state index contributed by atoms with van der Waals surface area (Å²) < 4.78 is 44.5. The predicted molar refractivity (Wildman–Crippen MR) is 130 cm³/mol. The summed E-state index contributed by atoms with van der Waals surface area (Å²) >= 11 is 0. The van der Waals surface area contributed by atoms with Gasteiger partial charge < -0.3 is 14.8 Å². The van der Waals surface area contributed by atoms with Gasteiger partial charge in [0.05, 0.1) is 29.5 Å². The average molecular weight is 509 g/mol. The third kappa shape index (κ3) is 4.48. The van der Waals surface area contributed by atoms with Gasteiger partial charge in [-0.3, -0.25) is 14.4 Å². The Morgan fingerprint density at radius 1 is 1.08 bits per heavy atom. The van der Waals surface area contributed by atoms with Gasteiger partial charge in [0, 0.05) is 43.7 Å². The van der Waals surface area contributed by atoms with Gasteiger partial charge in [-0.05, 0) is 42.0 Å². The molecular weight excluding hydrogens is 487 g/mol. The van der Waals surface area contributed by atoms with Crippen molar-refractivity contribution in [1.82, 2.24) is 19.7 Å². The molecular formula is C26H22F3N5O3. The quantitative estimate of drug-likeness (QED) is 0.446. The molecule has 2 aromatic heterocycles. The van der Waals surface area contributed by atoms with Crippen molar-refractivity contribution in [3.05, 3.63) is 88.7 Å². The maximum absolute atomic E-state index is 14.1. The lowest BCUT2D eigenvalue weighted by Gasteiger charge is -2.29. The summed E-state index contributed by atoms with van der Waals surface area (Å²) in [6.07, 6.45) is 3.00. The Morgan fingerprint density at radius 3 is 2.54 bits per heavy atom. The fourth-order valence-electron chi connectivity index (χ4n) is 4.62. The zero-order valence-electron chi connectivity index (χ0n) is 19.9. The number of alkyl halides is 2.